The van der Waals surface area contributed by atoms with Gasteiger partial charge in [0, 0.05) is 12.6 Å². The molecular formula is C19H33NO3. The van der Waals surface area contributed by atoms with E-state index in [1.54, 1.807) is 6.92 Å². The number of hydrogen-bond donors (Lipinski definition) is 3. The highest BCUT2D eigenvalue weighted by Crippen LogP contribution is 2.37. The first-order valence-corrected chi connectivity index (χ1v) is 8.89. The lowest BCUT2D eigenvalue weighted by atomic mass is 9.82. The fraction of sp³-hybridized carbons (Fsp3) is 0.789. The van der Waals surface area contributed by atoms with E-state index in [1.165, 1.54) is 12.0 Å². The molecule has 2 aliphatic rings. The van der Waals surface area contributed by atoms with E-state index in [0.29, 0.717) is 12.0 Å². The molecule has 4 heteroatoms. The second kappa shape index (κ2) is 7.47. The van der Waals surface area contributed by atoms with Crippen LogP contribution in [0, 0.1) is 5.92 Å². The summed E-state index contributed by atoms with van der Waals surface area (Å²) in [5, 5.41) is 30.0. The summed E-state index contributed by atoms with van der Waals surface area (Å²) < 4.78 is 0. The van der Waals surface area contributed by atoms with E-state index < -0.39 is 17.8 Å². The molecule has 0 unspecified atom stereocenters. The Hall–Kier alpha value is -0.680. The highest BCUT2D eigenvalue weighted by atomic mass is 16.3. The van der Waals surface area contributed by atoms with Gasteiger partial charge in [0.2, 0.25) is 0 Å². The molecule has 0 aromatic rings. The van der Waals surface area contributed by atoms with Gasteiger partial charge in [0.15, 0.2) is 0 Å². The van der Waals surface area contributed by atoms with E-state index in [2.05, 4.69) is 17.9 Å². The van der Waals surface area contributed by atoms with Crippen molar-refractivity contribution in [3.8, 4) is 0 Å². The third-order valence-electron chi connectivity index (χ3n) is 5.33. The summed E-state index contributed by atoms with van der Waals surface area (Å²) in [6, 6.07) is 0.318. The molecule has 0 bridgehead atoms. The van der Waals surface area contributed by atoms with Gasteiger partial charge in [-0.15, -0.1) is 0 Å². The maximum atomic E-state index is 10.7. The zero-order valence-corrected chi connectivity index (χ0v) is 15.0. The Kier molecular flexibility index (Phi) is 6.06. The number of piperidine rings is 1. The smallest absolute Gasteiger partial charge is 0.100 e. The lowest BCUT2D eigenvalue weighted by molar-refractivity contribution is -0.0330. The van der Waals surface area contributed by atoms with E-state index in [1.807, 2.05) is 19.9 Å². The van der Waals surface area contributed by atoms with Crippen LogP contribution in [-0.2, 0) is 0 Å². The van der Waals surface area contributed by atoms with E-state index in [0.717, 1.165) is 37.9 Å². The van der Waals surface area contributed by atoms with Crippen molar-refractivity contribution in [3.63, 3.8) is 0 Å². The van der Waals surface area contributed by atoms with Crippen LogP contribution in [0.2, 0.25) is 0 Å². The molecule has 2 rings (SSSR count). The number of aliphatic hydroxyl groups is 3. The van der Waals surface area contributed by atoms with Crippen LogP contribution in [-0.4, -0.2) is 57.2 Å². The minimum absolute atomic E-state index is 0.318. The zero-order chi connectivity index (χ0) is 17.2. The first-order chi connectivity index (χ1) is 10.7. The highest BCUT2D eigenvalue weighted by molar-refractivity contribution is 5.18. The van der Waals surface area contributed by atoms with Crippen LogP contribution < -0.4 is 0 Å². The van der Waals surface area contributed by atoms with Gasteiger partial charge in [-0.3, -0.25) is 4.90 Å². The summed E-state index contributed by atoms with van der Waals surface area (Å²) in [6.45, 7) is 9.66. The fourth-order valence-electron chi connectivity index (χ4n) is 4.07. The Morgan fingerprint density at radius 3 is 2.74 bits per heavy atom. The quantitative estimate of drug-likeness (QED) is 0.679. The number of allylic oxidation sites excluding steroid dienone is 2. The topological polar surface area (TPSA) is 63.9 Å². The molecule has 5 atom stereocenters. The minimum Gasteiger partial charge on any atom is -0.390 e. The summed E-state index contributed by atoms with van der Waals surface area (Å²) in [6.07, 6.45) is 6.66. The molecule has 0 aromatic heterocycles. The molecule has 3 N–H and O–H groups in total. The molecule has 0 aromatic carbocycles. The lowest BCUT2D eigenvalue weighted by Crippen LogP contribution is -2.52. The Bertz CT molecular complexity index is 467. The summed E-state index contributed by atoms with van der Waals surface area (Å²) in [7, 11) is 0. The van der Waals surface area contributed by atoms with Crippen molar-refractivity contribution >= 4 is 0 Å². The van der Waals surface area contributed by atoms with E-state index in [-0.39, 0.29) is 0 Å². The predicted octanol–water partition coefficient (Wildman–Crippen LogP) is 2.25. The second-order valence-corrected chi connectivity index (χ2v) is 7.83. The SMILES string of the molecule is C/C(=C\C[C@@H](C)/C=C1/CN2CCC[C@H]2[C@@](C)(O)C1)[C@@H](O)[C@@H](C)O. The number of rotatable bonds is 5. The number of aliphatic hydroxyl groups excluding tert-OH is 2. The van der Waals surface area contributed by atoms with Gasteiger partial charge in [-0.1, -0.05) is 24.6 Å². The van der Waals surface area contributed by atoms with E-state index in [9.17, 15) is 15.3 Å². The summed E-state index contributed by atoms with van der Waals surface area (Å²) in [5.74, 6) is 0.358. The predicted molar refractivity (Wildman–Crippen MR) is 93.1 cm³/mol. The molecule has 0 spiro atoms. The molecule has 23 heavy (non-hydrogen) atoms. The van der Waals surface area contributed by atoms with Gasteiger partial charge in [-0.05, 0) is 64.5 Å². The first-order valence-electron chi connectivity index (χ1n) is 8.89. The molecule has 2 aliphatic heterocycles. The maximum absolute atomic E-state index is 10.7. The minimum atomic E-state index is -0.782. The van der Waals surface area contributed by atoms with Crippen LogP contribution in [0.5, 0.6) is 0 Å². The maximum Gasteiger partial charge on any atom is 0.100 e. The summed E-state index contributed by atoms with van der Waals surface area (Å²) in [5.41, 5.74) is 1.53. The van der Waals surface area contributed by atoms with Crippen LogP contribution >= 0.6 is 0 Å². The summed E-state index contributed by atoms with van der Waals surface area (Å²) in [4.78, 5) is 2.42. The third-order valence-corrected chi connectivity index (χ3v) is 5.33. The van der Waals surface area contributed by atoms with Crippen molar-refractivity contribution in [3.05, 3.63) is 23.3 Å². The van der Waals surface area contributed by atoms with Crippen molar-refractivity contribution in [2.75, 3.05) is 13.1 Å². The van der Waals surface area contributed by atoms with Crippen molar-refractivity contribution < 1.29 is 15.3 Å². The lowest BCUT2D eigenvalue weighted by Gasteiger charge is -2.43. The monoisotopic (exact) mass is 323 g/mol. The highest BCUT2D eigenvalue weighted by Gasteiger charge is 2.43. The molecule has 0 amide bonds. The molecule has 0 radical (unpaired) electrons. The number of hydrogen-bond acceptors (Lipinski definition) is 4. The Morgan fingerprint density at radius 1 is 1.39 bits per heavy atom. The standard InChI is InChI=1S/C19H33NO3/c1-13(7-8-14(2)18(22)15(3)21)10-16-11-19(4,23)17-6-5-9-20(17)12-16/h8,10,13,15,17-18,21-23H,5-7,9,11-12H2,1-4H3/b14-8+,16-10+/t13-,15-,17+,18-,19+/m1/s1. The molecule has 132 valence electrons. The Balaban J connectivity index is 1.97. The Morgan fingerprint density at radius 2 is 2.09 bits per heavy atom. The third kappa shape index (κ3) is 4.66. The van der Waals surface area contributed by atoms with Gasteiger partial charge >= 0.3 is 0 Å². The average molecular weight is 323 g/mol. The fourth-order valence-corrected chi connectivity index (χ4v) is 4.07. The van der Waals surface area contributed by atoms with Crippen LogP contribution in [0.1, 0.15) is 53.4 Å². The van der Waals surface area contributed by atoms with Gasteiger partial charge in [0.05, 0.1) is 11.7 Å². The van der Waals surface area contributed by atoms with E-state index in [4.69, 9.17) is 0 Å². The van der Waals surface area contributed by atoms with E-state index >= 15 is 0 Å². The molecule has 2 saturated heterocycles. The molecule has 2 heterocycles. The van der Waals surface area contributed by atoms with Crippen LogP contribution in [0.25, 0.3) is 0 Å². The van der Waals surface area contributed by atoms with Gasteiger partial charge in [0.1, 0.15) is 6.10 Å². The normalized spacial score (nSPS) is 35.2. The van der Waals surface area contributed by atoms with Crippen molar-refractivity contribution in [1.29, 1.82) is 0 Å². The number of nitrogens with zero attached hydrogens (tertiary/aromatic N) is 1. The second-order valence-electron chi connectivity index (χ2n) is 7.83. The molecule has 2 fully saturated rings. The van der Waals surface area contributed by atoms with Crippen LogP contribution in [0.4, 0.5) is 0 Å². The molecular weight excluding hydrogens is 290 g/mol. The van der Waals surface area contributed by atoms with Gasteiger partial charge in [0.25, 0.3) is 0 Å². The molecule has 4 nitrogen and oxygen atoms in total. The van der Waals surface area contributed by atoms with Crippen LogP contribution in [0.15, 0.2) is 23.3 Å². The Labute approximate surface area is 140 Å². The first kappa shape index (κ1) is 18.7. The van der Waals surface area contributed by atoms with Crippen molar-refractivity contribution in [2.45, 2.75) is 77.2 Å². The molecule has 0 saturated carbocycles. The van der Waals surface area contributed by atoms with Crippen molar-refractivity contribution in [2.24, 2.45) is 5.92 Å². The zero-order valence-electron chi connectivity index (χ0n) is 15.0. The van der Waals surface area contributed by atoms with Crippen molar-refractivity contribution in [1.82, 2.24) is 4.90 Å². The average Bonchev–Trinajstić information content (AvgIpc) is 2.92. The van der Waals surface area contributed by atoms with Gasteiger partial charge in [-0.25, -0.2) is 0 Å². The largest absolute Gasteiger partial charge is 0.390 e. The van der Waals surface area contributed by atoms with Crippen LogP contribution in [0.3, 0.4) is 0 Å². The number of fused-ring (bicyclic) bond motifs is 1. The summed E-state index contributed by atoms with van der Waals surface area (Å²) >= 11 is 0. The van der Waals surface area contributed by atoms with Gasteiger partial charge < -0.3 is 15.3 Å². The van der Waals surface area contributed by atoms with Gasteiger partial charge in [-0.2, -0.15) is 0 Å². The molecule has 0 aliphatic carbocycles.